The summed E-state index contributed by atoms with van der Waals surface area (Å²) >= 11 is 0. The van der Waals surface area contributed by atoms with Gasteiger partial charge in [-0.3, -0.25) is 9.97 Å². The van der Waals surface area contributed by atoms with Gasteiger partial charge in [-0.15, -0.1) is 0 Å². The minimum atomic E-state index is 0.872. The van der Waals surface area contributed by atoms with Gasteiger partial charge in [0.25, 0.3) is 0 Å². The van der Waals surface area contributed by atoms with E-state index in [1.54, 1.807) is 0 Å². The number of hydrogen-bond acceptors (Lipinski definition) is 2. The number of nitrogens with zero attached hydrogens (tertiary/aromatic N) is 2. The summed E-state index contributed by atoms with van der Waals surface area (Å²) < 4.78 is 0. The number of aromatic nitrogens is 2. The van der Waals surface area contributed by atoms with Crippen LogP contribution < -0.4 is 0 Å². The summed E-state index contributed by atoms with van der Waals surface area (Å²) in [5.41, 5.74) is 4.78. The summed E-state index contributed by atoms with van der Waals surface area (Å²) in [6, 6.07) is 20.7. The van der Waals surface area contributed by atoms with Crippen molar-refractivity contribution < 1.29 is 0 Å². The number of rotatable bonds is 4. The summed E-state index contributed by atoms with van der Waals surface area (Å²) in [7, 11) is 0. The largest absolute Gasteiger partial charge is 0.261 e. The molecule has 0 aliphatic carbocycles. The molecule has 2 heteroatoms. The molecule has 0 saturated carbocycles. The van der Waals surface area contributed by atoms with E-state index in [9.17, 15) is 0 Å². The summed E-state index contributed by atoms with van der Waals surface area (Å²) in [6.07, 6.45) is 5.42. The van der Waals surface area contributed by atoms with E-state index < -0.39 is 0 Å². The third-order valence-corrected chi connectivity index (χ3v) is 3.21. The highest BCUT2D eigenvalue weighted by molar-refractivity contribution is 5.29. The van der Waals surface area contributed by atoms with Crippen LogP contribution in [-0.2, 0) is 12.8 Å². The molecule has 1 aromatic carbocycles. The Kier molecular flexibility index (Phi) is 3.83. The van der Waals surface area contributed by atoms with E-state index in [-0.39, 0.29) is 0 Å². The Hall–Kier alpha value is -2.48. The normalized spacial score (nSPS) is 10.4. The highest BCUT2D eigenvalue weighted by atomic mass is 14.7. The van der Waals surface area contributed by atoms with E-state index >= 15 is 0 Å². The van der Waals surface area contributed by atoms with Gasteiger partial charge in [-0.05, 0) is 35.4 Å². The maximum absolute atomic E-state index is 4.38. The molecule has 0 radical (unpaired) electrons. The molecule has 0 amide bonds. The van der Waals surface area contributed by atoms with Gasteiger partial charge in [-0.1, -0.05) is 36.4 Å². The van der Waals surface area contributed by atoms with Crippen molar-refractivity contribution in [1.29, 1.82) is 0 Å². The molecule has 0 atom stereocenters. The Morgan fingerprint density at radius 2 is 1.15 bits per heavy atom. The molecule has 2 heterocycles. The second-order valence-electron chi connectivity index (χ2n) is 4.82. The number of benzene rings is 1. The summed E-state index contributed by atoms with van der Waals surface area (Å²) in [5, 5.41) is 0. The standard InChI is InChI=1S/C18H16N2/c1-3-10-19-17(8-1)13-15-6-5-7-16(12-15)14-18-9-2-4-11-20-18/h1-12H,13-14H2. The Bertz CT molecular complexity index is 607. The molecule has 0 N–H and O–H groups in total. The predicted molar refractivity (Wildman–Crippen MR) is 80.5 cm³/mol. The van der Waals surface area contributed by atoms with Gasteiger partial charge in [-0.2, -0.15) is 0 Å². The maximum Gasteiger partial charge on any atom is 0.0447 e. The lowest BCUT2D eigenvalue weighted by Crippen LogP contribution is -1.95. The van der Waals surface area contributed by atoms with E-state index in [1.165, 1.54) is 11.1 Å². The van der Waals surface area contributed by atoms with Crippen LogP contribution in [0.15, 0.2) is 73.1 Å². The molecular formula is C18H16N2. The van der Waals surface area contributed by atoms with Crippen LogP contribution >= 0.6 is 0 Å². The van der Waals surface area contributed by atoms with E-state index in [0.29, 0.717) is 0 Å². The van der Waals surface area contributed by atoms with Gasteiger partial charge in [0.15, 0.2) is 0 Å². The van der Waals surface area contributed by atoms with Crippen LogP contribution in [0.2, 0.25) is 0 Å². The van der Waals surface area contributed by atoms with Crippen molar-refractivity contribution in [3.05, 3.63) is 95.6 Å². The molecular weight excluding hydrogens is 244 g/mol. The molecule has 98 valence electrons. The quantitative estimate of drug-likeness (QED) is 0.715. The first-order chi connectivity index (χ1) is 9.90. The highest BCUT2D eigenvalue weighted by Crippen LogP contribution is 2.12. The van der Waals surface area contributed by atoms with Gasteiger partial charge in [0.05, 0.1) is 0 Å². The van der Waals surface area contributed by atoms with Crippen molar-refractivity contribution in [2.45, 2.75) is 12.8 Å². The average molecular weight is 260 g/mol. The molecule has 0 fully saturated rings. The van der Waals surface area contributed by atoms with Crippen LogP contribution in [0.3, 0.4) is 0 Å². The summed E-state index contributed by atoms with van der Waals surface area (Å²) in [4.78, 5) is 8.75. The van der Waals surface area contributed by atoms with Gasteiger partial charge in [-0.25, -0.2) is 0 Å². The first-order valence-corrected chi connectivity index (χ1v) is 6.78. The second-order valence-corrected chi connectivity index (χ2v) is 4.82. The van der Waals surface area contributed by atoms with Gasteiger partial charge >= 0.3 is 0 Å². The molecule has 3 aromatic rings. The fourth-order valence-corrected chi connectivity index (χ4v) is 2.27. The molecule has 20 heavy (non-hydrogen) atoms. The topological polar surface area (TPSA) is 25.8 Å². The number of hydrogen-bond donors (Lipinski definition) is 0. The maximum atomic E-state index is 4.38. The third kappa shape index (κ3) is 3.29. The molecule has 0 spiro atoms. The average Bonchev–Trinajstić information content (AvgIpc) is 2.50. The van der Waals surface area contributed by atoms with Crippen LogP contribution in [0.4, 0.5) is 0 Å². The van der Waals surface area contributed by atoms with Crippen molar-refractivity contribution in [1.82, 2.24) is 9.97 Å². The molecule has 2 nitrogen and oxygen atoms in total. The summed E-state index contributed by atoms with van der Waals surface area (Å²) in [5.74, 6) is 0. The first kappa shape index (κ1) is 12.5. The van der Waals surface area contributed by atoms with Crippen LogP contribution in [0.5, 0.6) is 0 Å². The van der Waals surface area contributed by atoms with Gasteiger partial charge in [0.2, 0.25) is 0 Å². The van der Waals surface area contributed by atoms with Crippen LogP contribution in [-0.4, -0.2) is 9.97 Å². The minimum Gasteiger partial charge on any atom is -0.261 e. The Balaban J connectivity index is 1.76. The van der Waals surface area contributed by atoms with Crippen LogP contribution in [0, 0.1) is 0 Å². The Morgan fingerprint density at radius 3 is 1.60 bits per heavy atom. The second kappa shape index (κ2) is 6.11. The zero-order valence-electron chi connectivity index (χ0n) is 11.2. The third-order valence-electron chi connectivity index (χ3n) is 3.21. The monoisotopic (exact) mass is 260 g/mol. The van der Waals surface area contributed by atoms with Gasteiger partial charge in [0.1, 0.15) is 0 Å². The number of pyridine rings is 2. The molecule has 3 rings (SSSR count). The smallest absolute Gasteiger partial charge is 0.0447 e. The van der Waals surface area contributed by atoms with Crippen molar-refractivity contribution in [2.75, 3.05) is 0 Å². The molecule has 0 saturated heterocycles. The molecule has 0 aliphatic heterocycles. The first-order valence-electron chi connectivity index (χ1n) is 6.78. The summed E-state index contributed by atoms with van der Waals surface area (Å²) in [6.45, 7) is 0. The highest BCUT2D eigenvalue weighted by Gasteiger charge is 2.01. The van der Waals surface area contributed by atoms with Gasteiger partial charge < -0.3 is 0 Å². The predicted octanol–water partition coefficient (Wildman–Crippen LogP) is 3.66. The molecule has 2 aromatic heterocycles. The van der Waals surface area contributed by atoms with E-state index in [4.69, 9.17) is 0 Å². The van der Waals surface area contributed by atoms with Crippen molar-refractivity contribution in [3.63, 3.8) is 0 Å². The lowest BCUT2D eigenvalue weighted by Gasteiger charge is -2.05. The van der Waals surface area contributed by atoms with Crippen molar-refractivity contribution in [2.24, 2.45) is 0 Å². The molecule has 0 bridgehead atoms. The Labute approximate surface area is 119 Å². The van der Waals surface area contributed by atoms with Crippen LogP contribution in [0.1, 0.15) is 22.5 Å². The van der Waals surface area contributed by atoms with E-state index in [0.717, 1.165) is 24.2 Å². The zero-order valence-corrected chi connectivity index (χ0v) is 11.2. The lowest BCUT2D eigenvalue weighted by atomic mass is 10.0. The van der Waals surface area contributed by atoms with Gasteiger partial charge in [0, 0.05) is 36.6 Å². The fourth-order valence-electron chi connectivity index (χ4n) is 2.27. The minimum absolute atomic E-state index is 0.872. The zero-order chi connectivity index (χ0) is 13.6. The van der Waals surface area contributed by atoms with Crippen molar-refractivity contribution in [3.8, 4) is 0 Å². The van der Waals surface area contributed by atoms with E-state index in [2.05, 4.69) is 46.4 Å². The SMILES string of the molecule is c1ccc(Cc2cccc(Cc3ccccn3)c2)nc1. The lowest BCUT2D eigenvalue weighted by molar-refractivity contribution is 1.04. The molecule has 0 unspecified atom stereocenters. The Morgan fingerprint density at radius 1 is 0.600 bits per heavy atom. The van der Waals surface area contributed by atoms with E-state index in [1.807, 2.05) is 36.7 Å². The molecule has 0 aliphatic rings. The van der Waals surface area contributed by atoms with Crippen LogP contribution in [0.25, 0.3) is 0 Å². The fraction of sp³-hybridized carbons (Fsp3) is 0.111. The van der Waals surface area contributed by atoms with Crippen molar-refractivity contribution >= 4 is 0 Å².